The van der Waals surface area contributed by atoms with Crippen molar-refractivity contribution in [2.75, 3.05) is 31.5 Å². The highest BCUT2D eigenvalue weighted by Gasteiger charge is 2.29. The number of carbonyl (C=O) groups excluding carboxylic acids is 2. The number of amides is 2. The molecule has 1 aromatic rings. The lowest BCUT2D eigenvalue weighted by atomic mass is 10.1. The number of carbonyl (C=O) groups is 2. The van der Waals surface area contributed by atoms with Gasteiger partial charge in [0.2, 0.25) is 5.91 Å². The molecular formula is C17H25N3O3. The van der Waals surface area contributed by atoms with E-state index >= 15 is 0 Å². The van der Waals surface area contributed by atoms with Crippen LogP contribution in [0.15, 0.2) is 24.3 Å². The van der Waals surface area contributed by atoms with Crippen molar-refractivity contribution in [2.24, 2.45) is 0 Å². The zero-order chi connectivity index (χ0) is 16.7. The topological polar surface area (TPSA) is 70.7 Å². The predicted molar refractivity (Wildman–Crippen MR) is 89.5 cm³/mol. The molecule has 1 aliphatic rings. The van der Waals surface area contributed by atoms with Gasteiger partial charge < -0.3 is 20.3 Å². The zero-order valence-corrected chi connectivity index (χ0v) is 13.8. The number of fused-ring (bicyclic) bond motifs is 1. The van der Waals surface area contributed by atoms with E-state index in [9.17, 15) is 9.59 Å². The van der Waals surface area contributed by atoms with Crippen LogP contribution in [0.4, 0.5) is 5.69 Å². The van der Waals surface area contributed by atoms with E-state index in [0.717, 1.165) is 26.1 Å². The maximum absolute atomic E-state index is 12.0. The molecule has 1 aromatic carbocycles. The van der Waals surface area contributed by atoms with Gasteiger partial charge in [-0.25, -0.2) is 0 Å². The van der Waals surface area contributed by atoms with Crippen LogP contribution >= 0.6 is 0 Å². The second-order valence-electron chi connectivity index (χ2n) is 5.53. The first-order chi connectivity index (χ1) is 11.1. The second kappa shape index (κ2) is 8.53. The van der Waals surface area contributed by atoms with Gasteiger partial charge in [-0.15, -0.1) is 0 Å². The Labute approximate surface area is 137 Å². The van der Waals surface area contributed by atoms with Gasteiger partial charge in [0.05, 0.1) is 12.1 Å². The summed E-state index contributed by atoms with van der Waals surface area (Å²) in [5.41, 5.74) is 0.647. The van der Waals surface area contributed by atoms with Gasteiger partial charge in [0.15, 0.2) is 6.10 Å². The highest BCUT2D eigenvalue weighted by molar-refractivity contribution is 5.99. The molecule has 2 N–H and O–H groups in total. The van der Waals surface area contributed by atoms with Gasteiger partial charge in [-0.1, -0.05) is 26.0 Å². The third kappa shape index (κ3) is 4.96. The van der Waals surface area contributed by atoms with E-state index in [-0.39, 0.29) is 18.2 Å². The summed E-state index contributed by atoms with van der Waals surface area (Å²) in [6, 6.07) is 7.21. The van der Waals surface area contributed by atoms with Crippen molar-refractivity contribution in [3.05, 3.63) is 24.3 Å². The van der Waals surface area contributed by atoms with Crippen LogP contribution < -0.4 is 15.4 Å². The highest BCUT2D eigenvalue weighted by Crippen LogP contribution is 2.29. The van der Waals surface area contributed by atoms with Gasteiger partial charge in [0.25, 0.3) is 5.91 Å². The maximum atomic E-state index is 12.0. The first-order valence-corrected chi connectivity index (χ1v) is 8.19. The number of nitrogens with zero attached hydrogens (tertiary/aromatic N) is 1. The Morgan fingerprint density at radius 3 is 2.78 bits per heavy atom. The van der Waals surface area contributed by atoms with Crippen molar-refractivity contribution in [1.82, 2.24) is 10.2 Å². The Morgan fingerprint density at radius 1 is 1.30 bits per heavy atom. The summed E-state index contributed by atoms with van der Waals surface area (Å²) in [5, 5.41) is 5.61. The van der Waals surface area contributed by atoms with Crippen LogP contribution in [-0.2, 0) is 9.59 Å². The summed E-state index contributed by atoms with van der Waals surface area (Å²) in [6.45, 7) is 7.85. The van der Waals surface area contributed by atoms with Crippen LogP contribution in [0.3, 0.4) is 0 Å². The molecule has 0 bridgehead atoms. The summed E-state index contributed by atoms with van der Waals surface area (Å²) in [4.78, 5) is 26.2. The molecule has 1 atom stereocenters. The Balaban J connectivity index is 1.74. The van der Waals surface area contributed by atoms with E-state index in [1.54, 1.807) is 12.1 Å². The Kier molecular flexibility index (Phi) is 6.40. The molecule has 126 valence electrons. The predicted octanol–water partition coefficient (Wildman–Crippen LogP) is 1.62. The van der Waals surface area contributed by atoms with Gasteiger partial charge in [-0.2, -0.15) is 0 Å². The molecule has 6 heteroatoms. The minimum Gasteiger partial charge on any atom is -0.478 e. The van der Waals surface area contributed by atoms with Crippen LogP contribution in [0, 0.1) is 0 Å². The van der Waals surface area contributed by atoms with Crippen LogP contribution in [0.2, 0.25) is 0 Å². The van der Waals surface area contributed by atoms with E-state index in [0.29, 0.717) is 18.0 Å². The zero-order valence-electron chi connectivity index (χ0n) is 13.8. The van der Waals surface area contributed by atoms with Crippen LogP contribution in [0.1, 0.15) is 26.7 Å². The number of nitrogens with one attached hydrogen (secondary N) is 2. The lowest BCUT2D eigenvalue weighted by Gasteiger charge is -2.25. The number of para-hydroxylation sites is 2. The van der Waals surface area contributed by atoms with Crippen molar-refractivity contribution in [2.45, 2.75) is 32.8 Å². The molecule has 1 aliphatic heterocycles. The molecule has 1 unspecified atom stereocenters. The Bertz CT molecular complexity index is 544. The lowest BCUT2D eigenvalue weighted by Crippen LogP contribution is -2.41. The second-order valence-corrected chi connectivity index (χ2v) is 5.53. The molecule has 0 radical (unpaired) electrons. The fraction of sp³-hybridized carbons (Fsp3) is 0.529. The summed E-state index contributed by atoms with van der Waals surface area (Å²) >= 11 is 0. The summed E-state index contributed by atoms with van der Waals surface area (Å²) in [6.07, 6.45) is 0.159. The van der Waals surface area contributed by atoms with Gasteiger partial charge in [-0.3, -0.25) is 9.59 Å². The summed E-state index contributed by atoms with van der Waals surface area (Å²) in [7, 11) is 0. The fourth-order valence-corrected chi connectivity index (χ4v) is 2.54. The van der Waals surface area contributed by atoms with Crippen molar-refractivity contribution < 1.29 is 14.3 Å². The number of ether oxygens (including phenoxy) is 1. The molecule has 0 fully saturated rings. The monoisotopic (exact) mass is 319 g/mol. The van der Waals surface area contributed by atoms with Gasteiger partial charge >= 0.3 is 0 Å². The van der Waals surface area contributed by atoms with Gasteiger partial charge in [-0.05, 0) is 38.2 Å². The molecule has 0 spiro atoms. The Hall–Kier alpha value is -2.08. The number of anilines is 1. The van der Waals surface area contributed by atoms with E-state index in [2.05, 4.69) is 29.4 Å². The number of rotatable bonds is 8. The molecule has 2 rings (SSSR count). The number of hydrogen-bond acceptors (Lipinski definition) is 4. The van der Waals surface area contributed by atoms with Gasteiger partial charge in [0, 0.05) is 6.54 Å². The first kappa shape index (κ1) is 17.3. The van der Waals surface area contributed by atoms with Crippen LogP contribution in [-0.4, -0.2) is 49.0 Å². The standard InChI is InChI=1S/C17H25N3O3/c1-3-20(4-2)11-7-10-18-16(21)12-15-17(22)19-13-8-5-6-9-14(13)23-15/h5-6,8-9,15H,3-4,7,10-12H2,1-2H3,(H,18,21)(H,19,22). The van der Waals surface area contributed by atoms with E-state index in [1.165, 1.54) is 0 Å². The largest absolute Gasteiger partial charge is 0.478 e. The number of hydrogen-bond donors (Lipinski definition) is 2. The fourth-order valence-electron chi connectivity index (χ4n) is 2.54. The maximum Gasteiger partial charge on any atom is 0.266 e. The van der Waals surface area contributed by atoms with Crippen LogP contribution in [0.25, 0.3) is 0 Å². The minimum atomic E-state index is -0.771. The quantitative estimate of drug-likeness (QED) is 0.715. The average molecular weight is 319 g/mol. The smallest absolute Gasteiger partial charge is 0.266 e. The SMILES string of the molecule is CCN(CC)CCCNC(=O)CC1Oc2ccccc2NC1=O. The summed E-state index contributed by atoms with van der Waals surface area (Å²) < 4.78 is 5.61. The van der Waals surface area contributed by atoms with Crippen molar-refractivity contribution in [3.8, 4) is 5.75 Å². The molecule has 6 nitrogen and oxygen atoms in total. The lowest BCUT2D eigenvalue weighted by molar-refractivity contribution is -0.130. The van der Waals surface area contributed by atoms with Gasteiger partial charge in [0.1, 0.15) is 5.75 Å². The molecule has 0 aromatic heterocycles. The number of benzene rings is 1. The van der Waals surface area contributed by atoms with E-state index < -0.39 is 6.10 Å². The highest BCUT2D eigenvalue weighted by atomic mass is 16.5. The molecule has 23 heavy (non-hydrogen) atoms. The molecule has 2 amide bonds. The van der Waals surface area contributed by atoms with E-state index in [4.69, 9.17) is 4.74 Å². The normalized spacial score (nSPS) is 16.5. The molecule has 0 saturated carbocycles. The third-order valence-electron chi connectivity index (χ3n) is 3.95. The molecule has 0 saturated heterocycles. The summed E-state index contributed by atoms with van der Waals surface area (Å²) in [5.74, 6) is 0.164. The van der Waals surface area contributed by atoms with Crippen LogP contribution in [0.5, 0.6) is 5.75 Å². The van der Waals surface area contributed by atoms with Crippen molar-refractivity contribution >= 4 is 17.5 Å². The Morgan fingerprint density at radius 2 is 2.04 bits per heavy atom. The molecule has 1 heterocycles. The average Bonchev–Trinajstić information content (AvgIpc) is 2.55. The third-order valence-corrected chi connectivity index (χ3v) is 3.95. The van der Waals surface area contributed by atoms with E-state index in [1.807, 2.05) is 12.1 Å². The minimum absolute atomic E-state index is 0.0332. The van der Waals surface area contributed by atoms with Crippen molar-refractivity contribution in [3.63, 3.8) is 0 Å². The first-order valence-electron chi connectivity index (χ1n) is 8.19. The molecular weight excluding hydrogens is 294 g/mol. The van der Waals surface area contributed by atoms with Crippen molar-refractivity contribution in [1.29, 1.82) is 0 Å². The molecule has 0 aliphatic carbocycles.